The summed E-state index contributed by atoms with van der Waals surface area (Å²) >= 11 is 10.5. The van der Waals surface area contributed by atoms with Crippen LogP contribution >= 0.6 is 23.8 Å². The lowest BCUT2D eigenvalue weighted by molar-refractivity contribution is 0.473. The van der Waals surface area contributed by atoms with E-state index in [1.807, 2.05) is 0 Å². The van der Waals surface area contributed by atoms with E-state index in [9.17, 15) is 4.39 Å². The van der Waals surface area contributed by atoms with Crippen molar-refractivity contribution in [3.8, 4) is 11.5 Å². The van der Waals surface area contributed by atoms with Gasteiger partial charge in [0.1, 0.15) is 16.6 Å². The van der Waals surface area contributed by atoms with Crippen molar-refractivity contribution < 1.29 is 9.13 Å². The largest absolute Gasteiger partial charge is 0.455 e. The van der Waals surface area contributed by atoms with E-state index in [0.717, 1.165) is 0 Å². The lowest BCUT2D eigenvalue weighted by Gasteiger charge is -2.09. The van der Waals surface area contributed by atoms with Crippen LogP contribution in [0.4, 0.5) is 4.39 Å². The number of hydrogen-bond donors (Lipinski definition) is 1. The molecule has 0 saturated carbocycles. The third-order valence-electron chi connectivity index (χ3n) is 2.17. The topological polar surface area (TPSA) is 48.1 Å². The molecule has 6 heteroatoms. The van der Waals surface area contributed by atoms with E-state index < -0.39 is 5.82 Å². The van der Waals surface area contributed by atoms with Crippen molar-refractivity contribution >= 4 is 28.8 Å². The van der Waals surface area contributed by atoms with Crippen molar-refractivity contribution in [2.24, 2.45) is 5.73 Å². The Bertz CT molecular complexity index is 606. The first-order chi connectivity index (χ1) is 8.58. The van der Waals surface area contributed by atoms with Crippen molar-refractivity contribution in [3.05, 3.63) is 53.1 Å². The second kappa shape index (κ2) is 5.29. The molecule has 0 spiro atoms. The average molecular weight is 283 g/mol. The van der Waals surface area contributed by atoms with Crippen LogP contribution in [0, 0.1) is 5.82 Å². The fourth-order valence-corrected chi connectivity index (χ4v) is 1.62. The molecule has 0 amide bonds. The van der Waals surface area contributed by atoms with Crippen LogP contribution in [0.1, 0.15) is 5.56 Å². The Kier molecular flexibility index (Phi) is 3.74. The van der Waals surface area contributed by atoms with Crippen molar-refractivity contribution in [2.45, 2.75) is 0 Å². The number of nitrogens with zero attached hydrogens (tertiary/aromatic N) is 1. The number of aromatic nitrogens is 1. The molecule has 2 rings (SSSR count). The van der Waals surface area contributed by atoms with E-state index in [4.69, 9.17) is 34.3 Å². The Balaban J connectivity index is 2.34. The number of thiocarbonyl (C=S) groups is 1. The smallest absolute Gasteiger partial charge is 0.155 e. The summed E-state index contributed by atoms with van der Waals surface area (Å²) in [4.78, 5) is 4.09. The number of pyridine rings is 1. The Labute approximate surface area is 113 Å². The molecule has 2 aromatic rings. The molecule has 3 nitrogen and oxygen atoms in total. The minimum Gasteiger partial charge on any atom is -0.455 e. The molecular formula is C12H8ClFN2OS. The van der Waals surface area contributed by atoms with Gasteiger partial charge in [-0.05, 0) is 18.2 Å². The first kappa shape index (κ1) is 12.7. The number of ether oxygens (including phenoxy) is 1. The van der Waals surface area contributed by atoms with E-state index in [0.29, 0.717) is 17.1 Å². The molecule has 0 bridgehead atoms. The van der Waals surface area contributed by atoms with Gasteiger partial charge < -0.3 is 10.5 Å². The molecule has 0 fully saturated rings. The average Bonchev–Trinajstić information content (AvgIpc) is 2.34. The zero-order chi connectivity index (χ0) is 13.1. The molecule has 0 radical (unpaired) electrons. The van der Waals surface area contributed by atoms with Gasteiger partial charge in [0.25, 0.3) is 0 Å². The monoisotopic (exact) mass is 282 g/mol. The quantitative estimate of drug-likeness (QED) is 0.878. The molecule has 1 aromatic carbocycles. The van der Waals surface area contributed by atoms with Gasteiger partial charge in [0.05, 0.1) is 16.8 Å². The summed E-state index contributed by atoms with van der Waals surface area (Å²) < 4.78 is 18.7. The summed E-state index contributed by atoms with van der Waals surface area (Å²) in [6, 6.07) is 5.76. The van der Waals surface area contributed by atoms with Gasteiger partial charge in [0.15, 0.2) is 5.75 Å². The zero-order valence-corrected chi connectivity index (χ0v) is 10.6. The number of nitrogens with two attached hydrogens (primary N) is 1. The van der Waals surface area contributed by atoms with Crippen LogP contribution in [0.5, 0.6) is 11.5 Å². The highest BCUT2D eigenvalue weighted by molar-refractivity contribution is 7.80. The van der Waals surface area contributed by atoms with Crippen molar-refractivity contribution in [1.82, 2.24) is 4.98 Å². The molecule has 0 atom stereocenters. The van der Waals surface area contributed by atoms with E-state index in [1.54, 1.807) is 18.3 Å². The molecule has 2 N–H and O–H groups in total. The van der Waals surface area contributed by atoms with E-state index in [-0.39, 0.29) is 10.0 Å². The molecule has 0 saturated heterocycles. The standard InChI is InChI=1S/C12H8ClFN2OS/c13-9-2-1-7(5-10(9)14)17-11-6-16-4-3-8(11)12(15)18/h1-6H,(H2,15,18). The Hall–Kier alpha value is -1.72. The molecule has 1 heterocycles. The van der Waals surface area contributed by atoms with E-state index in [2.05, 4.69) is 4.98 Å². The maximum absolute atomic E-state index is 13.3. The highest BCUT2D eigenvalue weighted by Gasteiger charge is 2.08. The molecule has 0 unspecified atom stereocenters. The highest BCUT2D eigenvalue weighted by atomic mass is 35.5. The number of rotatable bonds is 3. The summed E-state index contributed by atoms with van der Waals surface area (Å²) in [5, 5.41) is 0.0307. The predicted octanol–water partition coefficient (Wildman–Crippen LogP) is 3.30. The molecule has 92 valence electrons. The van der Waals surface area contributed by atoms with Gasteiger partial charge in [-0.2, -0.15) is 0 Å². The SMILES string of the molecule is NC(=S)c1ccncc1Oc1ccc(Cl)c(F)c1. The molecule has 0 aliphatic carbocycles. The van der Waals surface area contributed by atoms with Crippen molar-refractivity contribution in [2.75, 3.05) is 0 Å². The van der Waals surface area contributed by atoms with Gasteiger partial charge >= 0.3 is 0 Å². The summed E-state index contributed by atoms with van der Waals surface area (Å²) in [5.74, 6) is 0.101. The van der Waals surface area contributed by atoms with Crippen LogP contribution in [0.2, 0.25) is 5.02 Å². The molecule has 0 aliphatic rings. The van der Waals surface area contributed by atoms with Gasteiger partial charge in [-0.15, -0.1) is 0 Å². The molecule has 18 heavy (non-hydrogen) atoms. The summed E-state index contributed by atoms with van der Waals surface area (Å²) in [6.07, 6.45) is 3.00. The maximum Gasteiger partial charge on any atom is 0.155 e. The van der Waals surface area contributed by atoms with E-state index >= 15 is 0 Å². The molecular weight excluding hydrogens is 275 g/mol. The lowest BCUT2D eigenvalue weighted by atomic mass is 10.2. The first-order valence-corrected chi connectivity index (χ1v) is 5.73. The maximum atomic E-state index is 13.3. The highest BCUT2D eigenvalue weighted by Crippen LogP contribution is 2.27. The molecule has 1 aromatic heterocycles. The fraction of sp³-hybridized carbons (Fsp3) is 0. The lowest BCUT2D eigenvalue weighted by Crippen LogP contribution is -2.10. The van der Waals surface area contributed by atoms with Crippen molar-refractivity contribution in [1.29, 1.82) is 0 Å². The van der Waals surface area contributed by atoms with Gasteiger partial charge in [0.2, 0.25) is 0 Å². The van der Waals surface area contributed by atoms with Gasteiger partial charge in [-0.1, -0.05) is 23.8 Å². The van der Waals surface area contributed by atoms with Crippen LogP contribution in [0.15, 0.2) is 36.7 Å². The number of benzene rings is 1. The predicted molar refractivity (Wildman–Crippen MR) is 71.6 cm³/mol. The van der Waals surface area contributed by atoms with Crippen LogP contribution in [-0.4, -0.2) is 9.97 Å². The zero-order valence-electron chi connectivity index (χ0n) is 9.06. The Morgan fingerprint density at radius 2 is 2.17 bits per heavy atom. The molecule has 0 aliphatic heterocycles. The Morgan fingerprint density at radius 3 is 2.83 bits per heavy atom. The number of hydrogen-bond acceptors (Lipinski definition) is 3. The third-order valence-corrected chi connectivity index (χ3v) is 2.70. The van der Waals surface area contributed by atoms with E-state index in [1.165, 1.54) is 18.3 Å². The fourth-order valence-electron chi connectivity index (χ4n) is 1.33. The van der Waals surface area contributed by atoms with Gasteiger partial charge in [0, 0.05) is 12.3 Å². The minimum absolute atomic E-state index is 0.0307. The van der Waals surface area contributed by atoms with Crippen LogP contribution < -0.4 is 10.5 Å². The summed E-state index contributed by atoms with van der Waals surface area (Å²) in [7, 11) is 0. The Morgan fingerprint density at radius 1 is 1.39 bits per heavy atom. The normalized spacial score (nSPS) is 10.1. The first-order valence-electron chi connectivity index (χ1n) is 4.94. The summed E-state index contributed by atoms with van der Waals surface area (Å²) in [6.45, 7) is 0. The van der Waals surface area contributed by atoms with Crippen LogP contribution in [-0.2, 0) is 0 Å². The minimum atomic E-state index is -0.560. The summed E-state index contributed by atoms with van der Waals surface area (Å²) in [5.41, 5.74) is 6.09. The second-order valence-corrected chi connectivity index (χ2v) is 4.26. The third kappa shape index (κ3) is 2.75. The van der Waals surface area contributed by atoms with Gasteiger partial charge in [-0.3, -0.25) is 4.98 Å². The van der Waals surface area contributed by atoms with Crippen LogP contribution in [0.3, 0.4) is 0 Å². The number of halogens is 2. The second-order valence-electron chi connectivity index (χ2n) is 3.41. The van der Waals surface area contributed by atoms with Crippen molar-refractivity contribution in [3.63, 3.8) is 0 Å². The van der Waals surface area contributed by atoms with Crippen LogP contribution in [0.25, 0.3) is 0 Å². The van der Waals surface area contributed by atoms with Gasteiger partial charge in [-0.25, -0.2) is 4.39 Å².